The zero-order chi connectivity index (χ0) is 9.10. The number of hydrogen-bond acceptors (Lipinski definition) is 1. The van der Waals surface area contributed by atoms with Crippen LogP contribution in [0.4, 0.5) is 0 Å². The van der Waals surface area contributed by atoms with E-state index in [4.69, 9.17) is 5.26 Å². The molecule has 0 saturated carbocycles. The number of hydrogen-bond donors (Lipinski definition) is 0. The van der Waals surface area contributed by atoms with Crippen molar-refractivity contribution in [2.24, 2.45) is 0 Å². The Kier molecular flexibility index (Phi) is 2.31. The van der Waals surface area contributed by atoms with Crippen molar-refractivity contribution in [3.63, 3.8) is 0 Å². The molecule has 1 aromatic carbocycles. The predicted molar refractivity (Wildman–Crippen MR) is 53.5 cm³/mol. The van der Waals surface area contributed by atoms with Crippen molar-refractivity contribution in [2.75, 3.05) is 0 Å². The number of benzene rings is 1. The summed E-state index contributed by atoms with van der Waals surface area (Å²) in [5, 5.41) is 8.88. The van der Waals surface area contributed by atoms with Gasteiger partial charge in [-0.15, -0.1) is 0 Å². The van der Waals surface area contributed by atoms with Crippen molar-refractivity contribution in [3.8, 4) is 17.2 Å². The Labute approximate surface area is 83.0 Å². The number of nitriles is 1. The van der Waals surface area contributed by atoms with Gasteiger partial charge in [-0.2, -0.15) is 0 Å². The van der Waals surface area contributed by atoms with Gasteiger partial charge in [0.25, 0.3) is 0 Å². The minimum atomic E-state index is 0.484. The summed E-state index contributed by atoms with van der Waals surface area (Å²) in [5.41, 5.74) is 3.01. The van der Waals surface area contributed by atoms with Gasteiger partial charge in [0.2, 0.25) is 0 Å². The van der Waals surface area contributed by atoms with Gasteiger partial charge in [0, 0.05) is 0 Å². The second-order valence-electron chi connectivity index (χ2n) is 2.67. The Morgan fingerprint density at radius 1 is 1.15 bits per heavy atom. The summed E-state index contributed by atoms with van der Waals surface area (Å²) in [6, 6.07) is 12.0. The first kappa shape index (κ1) is 8.31. The Balaban J connectivity index is 2.59. The van der Waals surface area contributed by atoms with Crippen molar-refractivity contribution in [2.45, 2.75) is 0 Å². The van der Waals surface area contributed by atoms with Gasteiger partial charge in [-0.1, -0.05) is 0 Å². The van der Waals surface area contributed by atoms with Gasteiger partial charge < -0.3 is 0 Å². The van der Waals surface area contributed by atoms with Crippen LogP contribution in [0.2, 0.25) is 0 Å². The molecule has 0 radical (unpaired) electrons. The van der Waals surface area contributed by atoms with Crippen LogP contribution in [0.3, 0.4) is 0 Å². The Bertz CT molecular complexity index is 437. The molecule has 0 aliphatic carbocycles. The number of nitrogens with zero attached hydrogens (tertiary/aromatic N) is 1. The van der Waals surface area contributed by atoms with Gasteiger partial charge in [-0.25, -0.2) is 0 Å². The monoisotopic (exact) mass is 233 g/mol. The average Bonchev–Trinajstić information content (AvgIpc) is 2.70. The molecule has 0 amide bonds. The van der Waals surface area contributed by atoms with Crippen LogP contribution in [0.25, 0.3) is 11.1 Å². The second kappa shape index (κ2) is 3.62. The quantitative estimate of drug-likeness (QED) is 0.692. The van der Waals surface area contributed by atoms with Crippen LogP contribution in [-0.4, -0.2) is 14.5 Å². The molecule has 0 atom stereocenters. The van der Waals surface area contributed by atoms with Gasteiger partial charge in [-0.3, -0.25) is 0 Å². The fourth-order valence-corrected chi connectivity index (χ4v) is 2.63. The molecular weight excluding hydrogens is 225 g/mol. The van der Waals surface area contributed by atoms with Gasteiger partial charge in [0.15, 0.2) is 0 Å². The fourth-order valence-electron chi connectivity index (χ4n) is 1.25. The predicted octanol–water partition coefficient (Wildman–Crippen LogP) is 2.28. The summed E-state index contributed by atoms with van der Waals surface area (Å²) in [7, 11) is 0. The van der Waals surface area contributed by atoms with Crippen molar-refractivity contribution in [1.29, 1.82) is 5.26 Å². The summed E-state index contributed by atoms with van der Waals surface area (Å²) in [6.45, 7) is 0. The van der Waals surface area contributed by atoms with E-state index in [1.165, 1.54) is 5.56 Å². The third kappa shape index (κ3) is 1.58. The van der Waals surface area contributed by atoms with Gasteiger partial charge in [-0.05, 0) is 0 Å². The van der Waals surface area contributed by atoms with E-state index in [2.05, 4.69) is 22.0 Å². The molecule has 0 unspecified atom stereocenters. The molecule has 0 aliphatic rings. The second-order valence-corrected chi connectivity index (χ2v) is 4.31. The Morgan fingerprint density at radius 2 is 2.00 bits per heavy atom. The van der Waals surface area contributed by atoms with Crippen molar-refractivity contribution >= 4 is 14.5 Å². The molecule has 2 aromatic rings. The van der Waals surface area contributed by atoms with E-state index < -0.39 is 0 Å². The first-order valence-corrected chi connectivity index (χ1v) is 5.91. The molecule has 0 N–H and O–H groups in total. The van der Waals surface area contributed by atoms with Crippen molar-refractivity contribution in [1.82, 2.24) is 0 Å². The maximum atomic E-state index is 8.88. The van der Waals surface area contributed by atoms with E-state index in [0.29, 0.717) is 14.5 Å². The summed E-state index contributed by atoms with van der Waals surface area (Å²) in [6.07, 6.45) is 0. The standard InChI is InChI=1S/C11H7NSe/c12-7-9-3-1-2-4-11(9)10-5-6-13-8-10/h1-6,8H. The maximum absolute atomic E-state index is 8.88. The minimum absolute atomic E-state index is 0.484. The zero-order valence-corrected chi connectivity index (χ0v) is 8.61. The molecule has 1 nitrogen and oxygen atoms in total. The van der Waals surface area contributed by atoms with Crippen LogP contribution >= 0.6 is 0 Å². The van der Waals surface area contributed by atoms with Crippen LogP contribution in [0, 0.1) is 11.3 Å². The van der Waals surface area contributed by atoms with E-state index in [1.807, 2.05) is 24.3 Å². The summed E-state index contributed by atoms with van der Waals surface area (Å²) in [4.78, 5) is 4.36. The molecule has 2 heteroatoms. The Hall–Kier alpha value is -1.29. The third-order valence-electron chi connectivity index (χ3n) is 1.88. The SMILES string of the molecule is N#Cc1ccccc1-c1cc[se]c1. The topological polar surface area (TPSA) is 23.8 Å². The molecule has 0 bridgehead atoms. The van der Waals surface area contributed by atoms with Crippen LogP contribution in [0.5, 0.6) is 0 Å². The van der Waals surface area contributed by atoms with E-state index >= 15 is 0 Å². The fraction of sp³-hybridized carbons (Fsp3) is 0. The van der Waals surface area contributed by atoms with Gasteiger partial charge in [0.1, 0.15) is 0 Å². The first-order chi connectivity index (χ1) is 6.42. The molecule has 1 aromatic heterocycles. The number of rotatable bonds is 1. The van der Waals surface area contributed by atoms with Crippen LogP contribution < -0.4 is 0 Å². The molecule has 0 fully saturated rings. The van der Waals surface area contributed by atoms with Crippen LogP contribution in [-0.2, 0) is 0 Å². The van der Waals surface area contributed by atoms with Gasteiger partial charge >= 0.3 is 82.7 Å². The van der Waals surface area contributed by atoms with Crippen molar-refractivity contribution < 1.29 is 0 Å². The van der Waals surface area contributed by atoms with Crippen LogP contribution in [0.1, 0.15) is 5.56 Å². The third-order valence-corrected chi connectivity index (χ3v) is 3.31. The molecule has 62 valence electrons. The Morgan fingerprint density at radius 3 is 2.69 bits per heavy atom. The molecule has 2 rings (SSSR count). The van der Waals surface area contributed by atoms with E-state index in [1.54, 1.807) is 0 Å². The average molecular weight is 232 g/mol. The summed E-state index contributed by atoms with van der Waals surface area (Å²) < 4.78 is 0. The van der Waals surface area contributed by atoms with Crippen molar-refractivity contribution in [3.05, 3.63) is 45.8 Å². The summed E-state index contributed by atoms with van der Waals surface area (Å²) in [5.74, 6) is 0. The van der Waals surface area contributed by atoms with E-state index in [-0.39, 0.29) is 0 Å². The van der Waals surface area contributed by atoms with Gasteiger partial charge in [0.05, 0.1) is 0 Å². The van der Waals surface area contributed by atoms with Crippen LogP contribution in [0.15, 0.2) is 40.2 Å². The molecular formula is C11H7NSe. The normalized spacial score (nSPS) is 9.46. The molecule has 0 saturated heterocycles. The summed E-state index contributed by atoms with van der Waals surface area (Å²) >= 11 is 0.484. The van der Waals surface area contributed by atoms with E-state index in [9.17, 15) is 0 Å². The zero-order valence-electron chi connectivity index (χ0n) is 6.90. The van der Waals surface area contributed by atoms with E-state index in [0.717, 1.165) is 11.1 Å². The molecule has 0 spiro atoms. The first-order valence-electron chi connectivity index (χ1n) is 3.93. The molecule has 0 aliphatic heterocycles. The molecule has 1 heterocycles. The molecule has 13 heavy (non-hydrogen) atoms.